The third-order valence-electron chi connectivity index (χ3n) is 1.91. The van der Waals surface area contributed by atoms with Gasteiger partial charge in [0, 0.05) is 6.26 Å². The van der Waals surface area contributed by atoms with Crippen LogP contribution in [-0.4, -0.2) is 14.7 Å². The first-order valence-electron chi connectivity index (χ1n) is 4.68. The first-order chi connectivity index (χ1) is 6.41. The van der Waals surface area contributed by atoms with Gasteiger partial charge in [-0.3, -0.25) is 0 Å². The molecule has 0 heterocycles. The summed E-state index contributed by atoms with van der Waals surface area (Å²) >= 11 is 0. The van der Waals surface area contributed by atoms with Crippen LogP contribution in [0.25, 0.3) is 0 Å². The van der Waals surface area contributed by atoms with Crippen molar-refractivity contribution in [1.29, 1.82) is 0 Å². The Kier molecular flexibility index (Phi) is 4.85. The molecule has 0 aliphatic carbocycles. The Hall–Kier alpha value is -0.830. The molecule has 0 aliphatic heterocycles. The molecular formula is C11H18O2S. The van der Waals surface area contributed by atoms with Gasteiger partial charge in [0.1, 0.15) is 0 Å². The predicted octanol–water partition coefficient (Wildman–Crippen LogP) is 2.73. The second kappa shape index (κ2) is 5.15. The summed E-state index contributed by atoms with van der Waals surface area (Å²) in [5, 5.41) is 0. The highest BCUT2D eigenvalue weighted by Gasteiger charge is 2.06. The van der Waals surface area contributed by atoms with E-state index in [4.69, 9.17) is 0 Å². The van der Waals surface area contributed by atoms with Crippen LogP contribution in [0.3, 0.4) is 0 Å². The fraction of sp³-hybridized carbons (Fsp3) is 0.455. The molecule has 80 valence electrons. The molecule has 14 heavy (non-hydrogen) atoms. The molecule has 0 N–H and O–H groups in total. The normalized spacial score (nSPS) is 10.4. The third kappa shape index (κ3) is 3.50. The topological polar surface area (TPSA) is 34.1 Å². The summed E-state index contributed by atoms with van der Waals surface area (Å²) in [4.78, 5) is 0.394. The van der Waals surface area contributed by atoms with Crippen molar-refractivity contribution in [1.82, 2.24) is 0 Å². The Balaban J connectivity index is 0.000000791. The van der Waals surface area contributed by atoms with E-state index < -0.39 is 9.84 Å². The van der Waals surface area contributed by atoms with E-state index in [2.05, 4.69) is 0 Å². The van der Waals surface area contributed by atoms with Crippen molar-refractivity contribution in [2.45, 2.75) is 32.6 Å². The summed E-state index contributed by atoms with van der Waals surface area (Å²) in [6, 6.07) is 5.16. The fourth-order valence-electron chi connectivity index (χ4n) is 0.945. The van der Waals surface area contributed by atoms with Crippen LogP contribution in [0.1, 0.15) is 25.0 Å². The van der Waals surface area contributed by atoms with Crippen LogP contribution in [0.5, 0.6) is 0 Å². The van der Waals surface area contributed by atoms with Gasteiger partial charge in [-0.25, -0.2) is 8.42 Å². The van der Waals surface area contributed by atoms with Crippen molar-refractivity contribution in [3.8, 4) is 0 Å². The molecule has 0 aliphatic rings. The van der Waals surface area contributed by atoms with E-state index in [0.29, 0.717) is 4.90 Å². The van der Waals surface area contributed by atoms with E-state index >= 15 is 0 Å². The van der Waals surface area contributed by atoms with Crippen molar-refractivity contribution >= 4 is 9.84 Å². The van der Waals surface area contributed by atoms with Crippen LogP contribution in [0.2, 0.25) is 0 Å². The van der Waals surface area contributed by atoms with E-state index in [1.807, 2.05) is 33.8 Å². The van der Waals surface area contributed by atoms with E-state index in [0.717, 1.165) is 11.1 Å². The molecule has 1 rings (SSSR count). The second-order valence-corrected chi connectivity index (χ2v) is 5.03. The highest BCUT2D eigenvalue weighted by molar-refractivity contribution is 7.90. The zero-order valence-electron chi connectivity index (χ0n) is 9.46. The maximum absolute atomic E-state index is 11.1. The van der Waals surface area contributed by atoms with Gasteiger partial charge in [0.05, 0.1) is 4.90 Å². The first-order valence-corrected chi connectivity index (χ1v) is 6.58. The smallest absolute Gasteiger partial charge is 0.175 e. The van der Waals surface area contributed by atoms with Gasteiger partial charge in [0.15, 0.2) is 9.84 Å². The minimum Gasteiger partial charge on any atom is -0.224 e. The Morgan fingerprint density at radius 3 is 1.86 bits per heavy atom. The van der Waals surface area contributed by atoms with Crippen LogP contribution in [-0.2, 0) is 9.84 Å². The van der Waals surface area contributed by atoms with Gasteiger partial charge >= 0.3 is 0 Å². The minimum atomic E-state index is -3.04. The van der Waals surface area contributed by atoms with Gasteiger partial charge in [0.25, 0.3) is 0 Å². The molecule has 2 nitrogen and oxygen atoms in total. The highest BCUT2D eigenvalue weighted by Crippen LogP contribution is 2.13. The molecule has 1 aromatic carbocycles. The number of rotatable bonds is 1. The number of aryl methyl sites for hydroxylation is 2. The van der Waals surface area contributed by atoms with Gasteiger partial charge < -0.3 is 0 Å². The molecule has 0 spiro atoms. The zero-order valence-corrected chi connectivity index (χ0v) is 10.3. The number of hydrogen-bond donors (Lipinski definition) is 0. The maximum Gasteiger partial charge on any atom is 0.175 e. The van der Waals surface area contributed by atoms with Gasteiger partial charge in [0.2, 0.25) is 0 Å². The lowest BCUT2D eigenvalue weighted by atomic mass is 10.1. The van der Waals surface area contributed by atoms with Crippen LogP contribution in [0.4, 0.5) is 0 Å². The molecule has 0 bridgehead atoms. The SMILES string of the molecule is CC.Cc1ccc(S(C)(=O)=O)cc1C. The van der Waals surface area contributed by atoms with Crippen molar-refractivity contribution in [3.05, 3.63) is 29.3 Å². The molecule has 3 heteroatoms. The summed E-state index contributed by atoms with van der Waals surface area (Å²) < 4.78 is 22.2. The maximum atomic E-state index is 11.1. The molecule has 0 radical (unpaired) electrons. The van der Waals surface area contributed by atoms with Gasteiger partial charge in [-0.1, -0.05) is 19.9 Å². The highest BCUT2D eigenvalue weighted by atomic mass is 32.2. The molecule has 0 amide bonds. The third-order valence-corrected chi connectivity index (χ3v) is 3.02. The predicted molar refractivity (Wildman–Crippen MR) is 60.4 cm³/mol. The van der Waals surface area contributed by atoms with E-state index in [1.165, 1.54) is 6.26 Å². The van der Waals surface area contributed by atoms with Crippen molar-refractivity contribution in [3.63, 3.8) is 0 Å². The first kappa shape index (κ1) is 13.2. The lowest BCUT2D eigenvalue weighted by Crippen LogP contribution is -1.97. The van der Waals surface area contributed by atoms with Gasteiger partial charge in [-0.05, 0) is 37.1 Å². The molecule has 0 saturated carbocycles. The lowest BCUT2D eigenvalue weighted by molar-refractivity contribution is 0.602. The van der Waals surface area contributed by atoms with Crippen molar-refractivity contribution < 1.29 is 8.42 Å². The van der Waals surface area contributed by atoms with Crippen LogP contribution in [0, 0.1) is 13.8 Å². The Morgan fingerprint density at radius 1 is 1.00 bits per heavy atom. The standard InChI is InChI=1S/C9H12O2S.C2H6/c1-7-4-5-9(6-8(7)2)12(3,10)11;1-2/h4-6H,1-3H3;1-2H3. The Labute approximate surface area is 86.9 Å². The van der Waals surface area contributed by atoms with E-state index in [9.17, 15) is 8.42 Å². The summed E-state index contributed by atoms with van der Waals surface area (Å²) in [5.74, 6) is 0. The summed E-state index contributed by atoms with van der Waals surface area (Å²) in [7, 11) is -3.04. The van der Waals surface area contributed by atoms with Crippen LogP contribution < -0.4 is 0 Å². The quantitative estimate of drug-likeness (QED) is 0.720. The Bertz CT molecular complexity index is 392. The zero-order chi connectivity index (χ0) is 11.4. The number of sulfone groups is 1. The molecule has 1 aromatic rings. The van der Waals surface area contributed by atoms with Crippen LogP contribution in [0.15, 0.2) is 23.1 Å². The largest absolute Gasteiger partial charge is 0.224 e. The lowest BCUT2D eigenvalue weighted by Gasteiger charge is -2.02. The average Bonchev–Trinajstić information content (AvgIpc) is 2.11. The van der Waals surface area contributed by atoms with Crippen LogP contribution >= 0.6 is 0 Å². The fourth-order valence-corrected chi connectivity index (χ4v) is 1.65. The molecule has 0 aromatic heterocycles. The average molecular weight is 214 g/mol. The second-order valence-electron chi connectivity index (χ2n) is 3.02. The molecule has 0 unspecified atom stereocenters. The van der Waals surface area contributed by atoms with E-state index in [-0.39, 0.29) is 0 Å². The summed E-state index contributed by atoms with van der Waals surface area (Å²) in [6.45, 7) is 7.87. The van der Waals surface area contributed by atoms with Crippen molar-refractivity contribution in [2.75, 3.05) is 6.26 Å². The van der Waals surface area contributed by atoms with Gasteiger partial charge in [-0.15, -0.1) is 0 Å². The number of benzene rings is 1. The summed E-state index contributed by atoms with van der Waals surface area (Å²) in [6.07, 6.45) is 1.22. The Morgan fingerprint density at radius 2 is 1.50 bits per heavy atom. The molecule has 0 saturated heterocycles. The van der Waals surface area contributed by atoms with Crippen molar-refractivity contribution in [2.24, 2.45) is 0 Å². The van der Waals surface area contributed by atoms with E-state index in [1.54, 1.807) is 12.1 Å². The number of hydrogen-bond acceptors (Lipinski definition) is 2. The summed E-state index contributed by atoms with van der Waals surface area (Å²) in [5.41, 5.74) is 2.13. The van der Waals surface area contributed by atoms with Gasteiger partial charge in [-0.2, -0.15) is 0 Å². The molecular weight excluding hydrogens is 196 g/mol. The molecule has 0 fully saturated rings. The molecule has 0 atom stereocenters. The monoisotopic (exact) mass is 214 g/mol. The minimum absolute atomic E-state index is 0.394.